The molecule has 0 unspecified atom stereocenters. The van der Waals surface area contributed by atoms with E-state index in [2.05, 4.69) is 24.5 Å². The van der Waals surface area contributed by atoms with Gasteiger partial charge in [0.15, 0.2) is 0 Å². The maximum Gasteiger partial charge on any atom is 0.364 e. The minimum Gasteiger partial charge on any atom is -0.491 e. The maximum atomic E-state index is 11.1. The summed E-state index contributed by atoms with van der Waals surface area (Å²) in [7, 11) is 1.22. The fraction of sp³-hybridized carbons (Fsp3) is 0.720. The molecule has 1 aromatic rings. The molecule has 0 aromatic heterocycles. The number of rotatable bonds is 19. The van der Waals surface area contributed by atoms with Crippen molar-refractivity contribution in [1.29, 1.82) is 0 Å². The summed E-state index contributed by atoms with van der Waals surface area (Å²) in [6.45, 7) is 2.79. The van der Waals surface area contributed by atoms with Gasteiger partial charge in [0.1, 0.15) is 19.0 Å². The smallest absolute Gasteiger partial charge is 0.364 e. The predicted octanol–water partition coefficient (Wildman–Crippen LogP) is 6.66. The standard InChI is InChI=1S/C25H44N2O4/c1-3-4-5-6-7-8-9-10-11-12-13-14-15-17-23-18-16-19-24(22-23)30-20-21-31-26-25(28)27(2)29/h16,18-19,22,29H,3-15,17,20-21H2,1-2H3,(H,26,28). The highest BCUT2D eigenvalue weighted by Crippen LogP contribution is 2.17. The van der Waals surface area contributed by atoms with Gasteiger partial charge in [0, 0.05) is 7.05 Å². The molecule has 0 bridgehead atoms. The number of carbonyl (C=O) groups is 1. The van der Waals surface area contributed by atoms with Crippen LogP contribution in [0.2, 0.25) is 0 Å². The van der Waals surface area contributed by atoms with Gasteiger partial charge in [-0.1, -0.05) is 96.1 Å². The summed E-state index contributed by atoms with van der Waals surface area (Å²) in [5, 5.41) is 9.31. The Morgan fingerprint density at radius 3 is 2.06 bits per heavy atom. The van der Waals surface area contributed by atoms with Gasteiger partial charge in [0.05, 0.1) is 0 Å². The van der Waals surface area contributed by atoms with E-state index in [0.717, 1.165) is 12.2 Å². The highest BCUT2D eigenvalue weighted by atomic mass is 16.7. The largest absolute Gasteiger partial charge is 0.491 e. The van der Waals surface area contributed by atoms with Crippen LogP contribution in [0.15, 0.2) is 24.3 Å². The third kappa shape index (κ3) is 15.6. The molecule has 2 amide bonds. The van der Waals surface area contributed by atoms with Crippen molar-refractivity contribution in [3.63, 3.8) is 0 Å². The van der Waals surface area contributed by atoms with Gasteiger partial charge in [-0.05, 0) is 30.5 Å². The summed E-state index contributed by atoms with van der Waals surface area (Å²) in [4.78, 5) is 16.0. The zero-order valence-electron chi connectivity index (χ0n) is 19.7. The van der Waals surface area contributed by atoms with Crippen LogP contribution < -0.4 is 10.2 Å². The van der Waals surface area contributed by atoms with Crippen LogP contribution >= 0.6 is 0 Å². The van der Waals surface area contributed by atoms with Crippen LogP contribution in [0.25, 0.3) is 0 Å². The molecule has 0 atom stereocenters. The number of unbranched alkanes of at least 4 members (excludes halogenated alkanes) is 12. The number of urea groups is 1. The second-order valence-corrected chi connectivity index (χ2v) is 8.27. The van der Waals surface area contributed by atoms with Crippen LogP contribution in [0, 0.1) is 0 Å². The Morgan fingerprint density at radius 2 is 1.48 bits per heavy atom. The van der Waals surface area contributed by atoms with Gasteiger partial charge in [-0.25, -0.2) is 15.3 Å². The molecule has 6 heteroatoms. The fourth-order valence-electron chi connectivity index (χ4n) is 3.52. The molecule has 0 heterocycles. The maximum absolute atomic E-state index is 11.1. The van der Waals surface area contributed by atoms with E-state index in [1.807, 2.05) is 12.1 Å². The average molecular weight is 437 g/mol. The Balaban J connectivity index is 1.98. The van der Waals surface area contributed by atoms with Gasteiger partial charge in [0.25, 0.3) is 0 Å². The highest BCUT2D eigenvalue weighted by molar-refractivity contribution is 5.71. The first-order chi connectivity index (χ1) is 15.1. The monoisotopic (exact) mass is 436 g/mol. The SMILES string of the molecule is CCCCCCCCCCCCCCCc1cccc(OCCONC(=O)N(C)O)c1. The number of hydrogen-bond acceptors (Lipinski definition) is 4. The molecule has 0 saturated carbocycles. The molecular formula is C25H44N2O4. The van der Waals surface area contributed by atoms with Crippen molar-refractivity contribution in [1.82, 2.24) is 10.5 Å². The number of hydroxylamine groups is 3. The number of nitrogens with one attached hydrogen (secondary N) is 1. The van der Waals surface area contributed by atoms with Gasteiger partial charge in [-0.2, -0.15) is 0 Å². The van der Waals surface area contributed by atoms with Crippen molar-refractivity contribution in [2.24, 2.45) is 0 Å². The third-order valence-corrected chi connectivity index (χ3v) is 5.37. The first-order valence-electron chi connectivity index (χ1n) is 12.2. The zero-order valence-corrected chi connectivity index (χ0v) is 19.7. The lowest BCUT2D eigenvalue weighted by Gasteiger charge is -2.11. The lowest BCUT2D eigenvalue weighted by molar-refractivity contribution is -0.0481. The molecule has 6 nitrogen and oxygen atoms in total. The van der Waals surface area contributed by atoms with E-state index in [1.165, 1.54) is 96.1 Å². The third-order valence-electron chi connectivity index (χ3n) is 5.37. The normalized spacial score (nSPS) is 10.8. The van der Waals surface area contributed by atoms with Crippen molar-refractivity contribution in [2.45, 2.75) is 96.8 Å². The molecule has 0 radical (unpaired) electrons. The van der Waals surface area contributed by atoms with Crippen molar-refractivity contribution in [2.75, 3.05) is 20.3 Å². The Hall–Kier alpha value is -1.79. The first-order valence-corrected chi connectivity index (χ1v) is 12.2. The van der Waals surface area contributed by atoms with E-state index in [0.29, 0.717) is 11.7 Å². The molecule has 0 spiro atoms. The second kappa shape index (κ2) is 18.9. The minimum absolute atomic E-state index is 0.197. The van der Waals surface area contributed by atoms with E-state index in [-0.39, 0.29) is 6.61 Å². The topological polar surface area (TPSA) is 71.0 Å². The number of benzene rings is 1. The Kier molecular flexibility index (Phi) is 16.6. The molecule has 1 rings (SSSR count). The minimum atomic E-state index is -0.722. The van der Waals surface area contributed by atoms with Crippen LogP contribution in [0.3, 0.4) is 0 Å². The molecular weight excluding hydrogens is 392 g/mol. The van der Waals surface area contributed by atoms with Gasteiger partial charge < -0.3 is 4.74 Å². The molecule has 0 fully saturated rings. The highest BCUT2D eigenvalue weighted by Gasteiger charge is 2.04. The van der Waals surface area contributed by atoms with Gasteiger partial charge >= 0.3 is 6.03 Å². The van der Waals surface area contributed by atoms with Gasteiger partial charge in [-0.15, -0.1) is 0 Å². The Bertz CT molecular complexity index is 566. The van der Waals surface area contributed by atoms with Crippen LogP contribution in [-0.4, -0.2) is 36.6 Å². The predicted molar refractivity (Wildman–Crippen MR) is 125 cm³/mol. The van der Waals surface area contributed by atoms with E-state index < -0.39 is 6.03 Å². The van der Waals surface area contributed by atoms with Gasteiger partial charge in [0.2, 0.25) is 0 Å². The summed E-state index contributed by atoms with van der Waals surface area (Å²) in [5.41, 5.74) is 3.39. The number of nitrogens with zero attached hydrogens (tertiary/aromatic N) is 1. The van der Waals surface area contributed by atoms with Crippen LogP contribution in [0.5, 0.6) is 5.75 Å². The number of amides is 2. The summed E-state index contributed by atoms with van der Waals surface area (Å²) in [5.74, 6) is 0.807. The number of ether oxygens (including phenoxy) is 1. The lowest BCUT2D eigenvalue weighted by Crippen LogP contribution is -2.35. The molecule has 0 aliphatic carbocycles. The van der Waals surface area contributed by atoms with Crippen LogP contribution in [0.4, 0.5) is 4.79 Å². The molecule has 0 saturated heterocycles. The van der Waals surface area contributed by atoms with E-state index >= 15 is 0 Å². The van der Waals surface area contributed by atoms with Crippen molar-refractivity contribution in [3.05, 3.63) is 29.8 Å². The van der Waals surface area contributed by atoms with E-state index in [1.54, 1.807) is 0 Å². The van der Waals surface area contributed by atoms with Gasteiger partial charge in [-0.3, -0.25) is 10.0 Å². The molecule has 31 heavy (non-hydrogen) atoms. The zero-order chi connectivity index (χ0) is 22.6. The Labute approximate surface area is 189 Å². The first kappa shape index (κ1) is 27.2. The Morgan fingerprint density at radius 1 is 0.903 bits per heavy atom. The summed E-state index contributed by atoms with van der Waals surface area (Å²) in [6, 6.07) is 7.42. The quantitative estimate of drug-likeness (QED) is 0.144. The van der Waals surface area contributed by atoms with Crippen molar-refractivity contribution in [3.8, 4) is 5.75 Å². The van der Waals surface area contributed by atoms with Crippen molar-refractivity contribution >= 4 is 6.03 Å². The summed E-state index contributed by atoms with van der Waals surface area (Å²) < 4.78 is 5.66. The molecule has 0 aliphatic rings. The number of hydrogen-bond donors (Lipinski definition) is 2. The molecule has 1 aromatic carbocycles. The fourth-order valence-corrected chi connectivity index (χ4v) is 3.52. The lowest BCUT2D eigenvalue weighted by atomic mass is 10.0. The molecule has 178 valence electrons. The molecule has 0 aliphatic heterocycles. The second-order valence-electron chi connectivity index (χ2n) is 8.27. The average Bonchev–Trinajstić information content (AvgIpc) is 2.76. The van der Waals surface area contributed by atoms with E-state index in [4.69, 9.17) is 14.8 Å². The number of carbonyl (C=O) groups excluding carboxylic acids is 1. The van der Waals surface area contributed by atoms with E-state index in [9.17, 15) is 4.79 Å². The van der Waals surface area contributed by atoms with Crippen LogP contribution in [0.1, 0.15) is 96.0 Å². The summed E-state index contributed by atoms with van der Waals surface area (Å²) in [6.07, 6.45) is 18.9. The number of aryl methyl sites for hydroxylation is 1. The van der Waals surface area contributed by atoms with Crippen LogP contribution in [-0.2, 0) is 11.3 Å². The molecule has 2 N–H and O–H groups in total. The summed E-state index contributed by atoms with van der Waals surface area (Å²) >= 11 is 0. The van der Waals surface area contributed by atoms with Crippen molar-refractivity contribution < 1.29 is 19.6 Å².